The molecule has 0 aromatic carbocycles. The average Bonchev–Trinajstić information content (AvgIpc) is 3.19. The maximum atomic E-state index is 12.6. The Balaban J connectivity index is 1.80. The molecule has 3 rings (SSSR count). The molecule has 0 saturated heterocycles. The van der Waals surface area contributed by atoms with E-state index in [-0.39, 0.29) is 11.9 Å². The first-order valence-electron chi connectivity index (χ1n) is 6.79. The predicted molar refractivity (Wildman–Crippen MR) is 91.9 cm³/mol. The molecule has 0 unspecified atom stereocenters. The van der Waals surface area contributed by atoms with Crippen molar-refractivity contribution in [3.05, 3.63) is 54.6 Å². The van der Waals surface area contributed by atoms with Crippen molar-refractivity contribution in [2.75, 3.05) is 0 Å². The molecule has 22 heavy (non-hydrogen) atoms. The molecule has 7 heteroatoms. The number of carbonyl (C=O) groups excluding carboxylic acids is 1. The van der Waals surface area contributed by atoms with Crippen LogP contribution in [0.1, 0.15) is 37.0 Å². The lowest BCUT2D eigenvalue weighted by atomic mass is 10.1. The molecular formula is C15H15N3OS3. The lowest BCUT2D eigenvalue weighted by Crippen LogP contribution is -2.29. The van der Waals surface area contributed by atoms with Crippen LogP contribution < -0.4 is 5.32 Å². The van der Waals surface area contributed by atoms with Gasteiger partial charge >= 0.3 is 0 Å². The second kappa shape index (κ2) is 6.68. The van der Waals surface area contributed by atoms with E-state index in [1.165, 1.54) is 16.9 Å². The van der Waals surface area contributed by atoms with E-state index in [0.29, 0.717) is 4.88 Å². The number of thiophene rings is 1. The van der Waals surface area contributed by atoms with E-state index >= 15 is 0 Å². The van der Waals surface area contributed by atoms with Crippen LogP contribution in [0.5, 0.6) is 0 Å². The summed E-state index contributed by atoms with van der Waals surface area (Å²) in [6.45, 7) is 3.79. The number of aryl methyl sites for hydroxylation is 2. The zero-order chi connectivity index (χ0) is 15.5. The van der Waals surface area contributed by atoms with E-state index in [2.05, 4.69) is 26.7 Å². The van der Waals surface area contributed by atoms with Gasteiger partial charge in [-0.2, -0.15) is 11.3 Å². The van der Waals surface area contributed by atoms with Gasteiger partial charge in [-0.3, -0.25) is 4.79 Å². The minimum absolute atomic E-state index is 0.0708. The van der Waals surface area contributed by atoms with Crippen LogP contribution in [0.2, 0.25) is 0 Å². The van der Waals surface area contributed by atoms with E-state index in [1.807, 2.05) is 24.6 Å². The van der Waals surface area contributed by atoms with E-state index in [9.17, 15) is 4.79 Å². The van der Waals surface area contributed by atoms with E-state index in [1.54, 1.807) is 28.9 Å². The number of carbonyl (C=O) groups is 1. The summed E-state index contributed by atoms with van der Waals surface area (Å²) in [5.74, 6) is -0.0708. The van der Waals surface area contributed by atoms with Gasteiger partial charge in [0.2, 0.25) is 0 Å². The third kappa shape index (κ3) is 3.43. The smallest absolute Gasteiger partial charge is 0.263 e. The van der Waals surface area contributed by atoms with E-state index in [0.717, 1.165) is 22.1 Å². The van der Waals surface area contributed by atoms with Gasteiger partial charge in [0.05, 0.1) is 16.7 Å². The minimum Gasteiger partial charge on any atom is -0.342 e. The summed E-state index contributed by atoms with van der Waals surface area (Å²) in [4.78, 5) is 21.9. The second-order valence-corrected chi connectivity index (χ2v) is 7.79. The largest absolute Gasteiger partial charge is 0.342 e. The Labute approximate surface area is 140 Å². The molecule has 3 aromatic rings. The highest BCUT2D eigenvalue weighted by Crippen LogP contribution is 2.24. The molecule has 3 aromatic heterocycles. The van der Waals surface area contributed by atoms with Crippen molar-refractivity contribution in [2.24, 2.45) is 0 Å². The van der Waals surface area contributed by atoms with Crippen LogP contribution in [-0.2, 0) is 6.42 Å². The lowest BCUT2D eigenvalue weighted by molar-refractivity contribution is 0.0940. The molecular weight excluding hydrogens is 334 g/mol. The Kier molecular flexibility index (Phi) is 4.66. The summed E-state index contributed by atoms with van der Waals surface area (Å²) in [6, 6.07) is 1.98. The molecule has 4 nitrogen and oxygen atoms in total. The maximum absolute atomic E-state index is 12.6. The van der Waals surface area contributed by atoms with Crippen molar-refractivity contribution in [1.82, 2.24) is 15.3 Å². The highest BCUT2D eigenvalue weighted by molar-refractivity contribution is 7.13. The van der Waals surface area contributed by atoms with Gasteiger partial charge < -0.3 is 5.32 Å². The van der Waals surface area contributed by atoms with Gasteiger partial charge in [0, 0.05) is 18.0 Å². The Morgan fingerprint density at radius 3 is 2.82 bits per heavy atom. The molecule has 0 aliphatic carbocycles. The molecule has 0 spiro atoms. The Morgan fingerprint density at radius 1 is 1.36 bits per heavy atom. The number of amides is 1. The topological polar surface area (TPSA) is 54.9 Å². The Morgan fingerprint density at radius 2 is 2.23 bits per heavy atom. The third-order valence-corrected chi connectivity index (χ3v) is 5.88. The van der Waals surface area contributed by atoms with Gasteiger partial charge in [-0.05, 0) is 36.2 Å². The van der Waals surface area contributed by atoms with Gasteiger partial charge in [0.25, 0.3) is 5.91 Å². The summed E-state index contributed by atoms with van der Waals surface area (Å²) in [7, 11) is 0. The van der Waals surface area contributed by atoms with Gasteiger partial charge in [-0.15, -0.1) is 22.7 Å². The maximum Gasteiger partial charge on any atom is 0.263 e. The number of hydrogen-bond acceptors (Lipinski definition) is 6. The molecule has 0 aliphatic rings. The molecule has 0 aliphatic heterocycles. The molecule has 0 fully saturated rings. The highest BCUT2D eigenvalue weighted by atomic mass is 32.1. The summed E-state index contributed by atoms with van der Waals surface area (Å²) in [5.41, 5.74) is 2.00. The van der Waals surface area contributed by atoms with E-state index < -0.39 is 0 Å². The van der Waals surface area contributed by atoms with Crippen LogP contribution in [0, 0.1) is 13.8 Å². The molecule has 0 radical (unpaired) electrons. The SMILES string of the molecule is Cc1nc(C)c(C(=O)N[C@@H](Cc2ccsc2)c2nccs2)s1. The summed E-state index contributed by atoms with van der Waals surface area (Å²) in [5, 5.41) is 11.0. The molecule has 114 valence electrons. The van der Waals surface area contributed by atoms with Crippen LogP contribution in [0.3, 0.4) is 0 Å². The fraction of sp³-hybridized carbons (Fsp3) is 0.267. The molecule has 1 atom stereocenters. The fourth-order valence-electron chi connectivity index (χ4n) is 2.22. The third-order valence-electron chi connectivity index (χ3n) is 3.18. The first-order valence-corrected chi connectivity index (χ1v) is 9.42. The Hall–Kier alpha value is -1.57. The molecule has 0 bridgehead atoms. The van der Waals surface area contributed by atoms with Gasteiger partial charge in [0.1, 0.15) is 9.88 Å². The molecule has 1 N–H and O–H groups in total. The van der Waals surface area contributed by atoms with Crippen LogP contribution in [0.25, 0.3) is 0 Å². The van der Waals surface area contributed by atoms with Crippen molar-refractivity contribution in [2.45, 2.75) is 26.3 Å². The van der Waals surface area contributed by atoms with Gasteiger partial charge in [0.15, 0.2) is 0 Å². The normalized spacial score (nSPS) is 12.3. The van der Waals surface area contributed by atoms with Crippen LogP contribution >= 0.6 is 34.0 Å². The number of nitrogens with zero attached hydrogens (tertiary/aromatic N) is 2. The van der Waals surface area contributed by atoms with Crippen LogP contribution in [-0.4, -0.2) is 15.9 Å². The zero-order valence-corrected chi connectivity index (χ0v) is 14.6. The van der Waals surface area contributed by atoms with Gasteiger partial charge in [-0.25, -0.2) is 9.97 Å². The molecule has 3 heterocycles. The van der Waals surface area contributed by atoms with Crippen molar-refractivity contribution >= 4 is 39.9 Å². The summed E-state index contributed by atoms with van der Waals surface area (Å²) >= 11 is 4.66. The summed E-state index contributed by atoms with van der Waals surface area (Å²) in [6.07, 6.45) is 2.52. The minimum atomic E-state index is -0.107. The molecule has 1 amide bonds. The van der Waals surface area contributed by atoms with Crippen molar-refractivity contribution in [3.8, 4) is 0 Å². The second-order valence-electron chi connectivity index (χ2n) is 4.88. The number of thiazole rings is 2. The number of aromatic nitrogens is 2. The van der Waals surface area contributed by atoms with Crippen LogP contribution in [0.15, 0.2) is 28.4 Å². The van der Waals surface area contributed by atoms with Crippen molar-refractivity contribution < 1.29 is 4.79 Å². The fourth-order valence-corrected chi connectivity index (χ4v) is 4.41. The first-order chi connectivity index (χ1) is 10.6. The Bertz CT molecular complexity index is 747. The monoisotopic (exact) mass is 349 g/mol. The number of rotatable bonds is 5. The quantitative estimate of drug-likeness (QED) is 0.758. The average molecular weight is 350 g/mol. The highest BCUT2D eigenvalue weighted by Gasteiger charge is 2.21. The number of hydrogen-bond donors (Lipinski definition) is 1. The summed E-state index contributed by atoms with van der Waals surface area (Å²) < 4.78 is 0. The van der Waals surface area contributed by atoms with Crippen molar-refractivity contribution in [1.29, 1.82) is 0 Å². The van der Waals surface area contributed by atoms with E-state index in [4.69, 9.17) is 0 Å². The van der Waals surface area contributed by atoms with Crippen molar-refractivity contribution in [3.63, 3.8) is 0 Å². The predicted octanol–water partition coefficient (Wildman–Crippen LogP) is 3.99. The standard InChI is InChI=1S/C15H15N3OS3/c1-9-13(22-10(2)17-9)14(19)18-12(15-16-4-6-21-15)7-11-3-5-20-8-11/h3-6,8,12H,7H2,1-2H3,(H,18,19)/t12-/m0/s1. The van der Waals surface area contributed by atoms with Crippen LogP contribution in [0.4, 0.5) is 0 Å². The lowest BCUT2D eigenvalue weighted by Gasteiger charge is -2.15. The number of nitrogens with one attached hydrogen (secondary N) is 1. The van der Waals surface area contributed by atoms with Gasteiger partial charge in [-0.1, -0.05) is 0 Å². The first kappa shape index (κ1) is 15.3. The molecule has 0 saturated carbocycles. The zero-order valence-electron chi connectivity index (χ0n) is 12.2.